The highest BCUT2D eigenvalue weighted by atomic mass is 127. The van der Waals surface area contributed by atoms with Gasteiger partial charge in [-0.15, -0.1) is 35.3 Å². The molecule has 0 amide bonds. The molecule has 5 nitrogen and oxygen atoms in total. The van der Waals surface area contributed by atoms with E-state index in [0.717, 1.165) is 43.3 Å². The molecule has 1 aliphatic heterocycles. The Hall–Kier alpha value is -1.32. The Kier molecular flexibility index (Phi) is 9.53. The van der Waals surface area contributed by atoms with Gasteiger partial charge in [-0.25, -0.2) is 0 Å². The lowest BCUT2D eigenvalue weighted by Gasteiger charge is -2.17. The molecule has 2 aromatic rings. The second-order valence-electron chi connectivity index (χ2n) is 6.86. The zero-order valence-corrected chi connectivity index (χ0v) is 19.9. The van der Waals surface area contributed by atoms with Gasteiger partial charge in [-0.3, -0.25) is 4.99 Å². The van der Waals surface area contributed by atoms with Gasteiger partial charge in [0, 0.05) is 30.6 Å². The number of nitrogens with zero attached hydrogens (tertiary/aromatic N) is 1. The van der Waals surface area contributed by atoms with E-state index < -0.39 is 0 Å². The van der Waals surface area contributed by atoms with E-state index in [2.05, 4.69) is 59.1 Å². The number of hydrogen-bond donors (Lipinski definition) is 2. The summed E-state index contributed by atoms with van der Waals surface area (Å²) in [5.41, 5.74) is 3.62. The highest BCUT2D eigenvalue weighted by Crippen LogP contribution is 2.22. The van der Waals surface area contributed by atoms with E-state index in [1.807, 2.05) is 0 Å². The Morgan fingerprint density at radius 2 is 2.07 bits per heavy atom. The Morgan fingerprint density at radius 1 is 1.25 bits per heavy atom. The van der Waals surface area contributed by atoms with Crippen LogP contribution in [0.25, 0.3) is 0 Å². The Bertz CT molecular complexity index is 773. The Balaban J connectivity index is 0.00000280. The number of thiophene rings is 1. The summed E-state index contributed by atoms with van der Waals surface area (Å²) >= 11 is 1.76. The lowest BCUT2D eigenvalue weighted by molar-refractivity contribution is 0.0676. The summed E-state index contributed by atoms with van der Waals surface area (Å²) in [4.78, 5) is 5.65. The molecule has 1 atom stereocenters. The molecule has 1 aliphatic rings. The molecule has 28 heavy (non-hydrogen) atoms. The molecule has 0 radical (unpaired) electrons. The Morgan fingerprint density at radius 3 is 2.75 bits per heavy atom. The minimum absolute atomic E-state index is 0. The fourth-order valence-electron chi connectivity index (χ4n) is 3.05. The van der Waals surface area contributed by atoms with Crippen molar-refractivity contribution in [2.45, 2.75) is 45.9 Å². The number of halogens is 1. The molecule has 7 heteroatoms. The van der Waals surface area contributed by atoms with Gasteiger partial charge in [-0.1, -0.05) is 12.1 Å². The first-order valence-corrected chi connectivity index (χ1v) is 10.3. The van der Waals surface area contributed by atoms with Gasteiger partial charge in [0.05, 0.1) is 12.6 Å². The van der Waals surface area contributed by atoms with E-state index in [9.17, 15) is 0 Å². The minimum atomic E-state index is 0. The molecular weight excluding hydrogens is 485 g/mol. The van der Waals surface area contributed by atoms with Crippen molar-refractivity contribution in [3.63, 3.8) is 0 Å². The minimum Gasteiger partial charge on any atom is -0.491 e. The molecule has 2 N–H and O–H groups in total. The van der Waals surface area contributed by atoms with Gasteiger partial charge in [0.15, 0.2) is 5.96 Å². The third kappa shape index (κ3) is 6.63. The van der Waals surface area contributed by atoms with Gasteiger partial charge in [0.1, 0.15) is 12.4 Å². The summed E-state index contributed by atoms with van der Waals surface area (Å²) in [5.74, 6) is 1.70. The van der Waals surface area contributed by atoms with Crippen LogP contribution in [0.5, 0.6) is 5.75 Å². The van der Waals surface area contributed by atoms with E-state index in [4.69, 9.17) is 9.47 Å². The molecule has 1 aromatic carbocycles. The molecule has 1 saturated heterocycles. The maximum absolute atomic E-state index is 6.08. The summed E-state index contributed by atoms with van der Waals surface area (Å²) in [5, 5.41) is 8.88. The van der Waals surface area contributed by atoms with Crippen LogP contribution >= 0.6 is 35.3 Å². The van der Waals surface area contributed by atoms with Crippen LogP contribution in [0.2, 0.25) is 0 Å². The van der Waals surface area contributed by atoms with E-state index in [-0.39, 0.29) is 30.1 Å². The number of ether oxygens (including phenoxy) is 2. The highest BCUT2D eigenvalue weighted by molar-refractivity contribution is 14.0. The summed E-state index contributed by atoms with van der Waals surface area (Å²) in [7, 11) is 1.79. The van der Waals surface area contributed by atoms with Crippen molar-refractivity contribution in [2.24, 2.45) is 4.99 Å². The van der Waals surface area contributed by atoms with Crippen LogP contribution in [-0.4, -0.2) is 32.3 Å². The zero-order valence-electron chi connectivity index (χ0n) is 16.8. The summed E-state index contributed by atoms with van der Waals surface area (Å²) in [6.07, 6.45) is 2.43. The van der Waals surface area contributed by atoms with Crippen molar-refractivity contribution in [1.29, 1.82) is 0 Å². The molecular formula is C21H30IN3O2S. The van der Waals surface area contributed by atoms with Crippen molar-refractivity contribution in [1.82, 2.24) is 10.6 Å². The smallest absolute Gasteiger partial charge is 0.191 e. The lowest BCUT2D eigenvalue weighted by Crippen LogP contribution is -2.36. The first kappa shape index (κ1) is 23.0. The highest BCUT2D eigenvalue weighted by Gasteiger charge is 2.17. The normalized spacial score (nSPS) is 16.5. The van der Waals surface area contributed by atoms with Crippen molar-refractivity contribution in [3.05, 3.63) is 51.2 Å². The third-order valence-electron chi connectivity index (χ3n) is 4.73. The number of hydrogen-bond acceptors (Lipinski definition) is 4. The third-order valence-corrected chi connectivity index (χ3v) is 5.75. The molecule has 154 valence electrons. The van der Waals surface area contributed by atoms with Gasteiger partial charge < -0.3 is 20.1 Å². The average molecular weight is 515 g/mol. The van der Waals surface area contributed by atoms with Crippen LogP contribution in [0.1, 0.15) is 34.4 Å². The number of guanidine groups is 1. The van der Waals surface area contributed by atoms with E-state index in [0.29, 0.717) is 13.2 Å². The predicted octanol–water partition coefficient (Wildman–Crippen LogP) is 4.41. The summed E-state index contributed by atoms with van der Waals surface area (Å²) in [6.45, 7) is 7.11. The number of aliphatic imine (C=N–C) groups is 1. The SMILES string of the molecule is CN=C(NCc1ccc(C)cc1OCC1CCCO1)NCc1sccc1C.I. The van der Waals surface area contributed by atoms with Crippen molar-refractivity contribution >= 4 is 41.3 Å². The first-order chi connectivity index (χ1) is 13.2. The number of nitrogens with one attached hydrogen (secondary N) is 2. The monoisotopic (exact) mass is 515 g/mol. The van der Waals surface area contributed by atoms with Crippen LogP contribution in [0, 0.1) is 13.8 Å². The second-order valence-corrected chi connectivity index (χ2v) is 7.86. The van der Waals surface area contributed by atoms with E-state index in [1.54, 1.807) is 18.4 Å². The summed E-state index contributed by atoms with van der Waals surface area (Å²) < 4.78 is 11.7. The van der Waals surface area contributed by atoms with Gasteiger partial charge in [0.2, 0.25) is 0 Å². The Labute approximate surface area is 189 Å². The van der Waals surface area contributed by atoms with Crippen molar-refractivity contribution in [2.75, 3.05) is 20.3 Å². The van der Waals surface area contributed by atoms with Crippen LogP contribution in [-0.2, 0) is 17.8 Å². The quantitative estimate of drug-likeness (QED) is 0.326. The standard InChI is InChI=1S/C21H29N3O2S.HI/c1-15-6-7-17(19(11-15)26-14-18-5-4-9-25-18)12-23-21(22-3)24-13-20-16(2)8-10-27-20;/h6-8,10-11,18H,4-5,9,12-14H2,1-3H3,(H2,22,23,24);1H. The fraction of sp³-hybridized carbons (Fsp3) is 0.476. The van der Waals surface area contributed by atoms with E-state index >= 15 is 0 Å². The van der Waals surface area contributed by atoms with Crippen LogP contribution in [0.15, 0.2) is 34.6 Å². The molecule has 3 rings (SSSR count). The molecule has 1 unspecified atom stereocenters. The molecule has 1 fully saturated rings. The predicted molar refractivity (Wildman–Crippen MR) is 127 cm³/mol. The first-order valence-electron chi connectivity index (χ1n) is 9.47. The average Bonchev–Trinajstić information content (AvgIpc) is 3.33. The van der Waals surface area contributed by atoms with Gasteiger partial charge >= 0.3 is 0 Å². The molecule has 0 aliphatic carbocycles. The van der Waals surface area contributed by atoms with Gasteiger partial charge in [-0.2, -0.15) is 0 Å². The topological polar surface area (TPSA) is 54.9 Å². The van der Waals surface area contributed by atoms with Gasteiger partial charge in [-0.05, 0) is 55.3 Å². The summed E-state index contributed by atoms with van der Waals surface area (Å²) in [6, 6.07) is 8.46. The van der Waals surface area contributed by atoms with Crippen LogP contribution < -0.4 is 15.4 Å². The van der Waals surface area contributed by atoms with Gasteiger partial charge in [0.25, 0.3) is 0 Å². The second kappa shape index (κ2) is 11.6. The van der Waals surface area contributed by atoms with Crippen LogP contribution in [0.4, 0.5) is 0 Å². The maximum Gasteiger partial charge on any atom is 0.191 e. The molecule has 0 saturated carbocycles. The molecule has 0 bridgehead atoms. The number of rotatable bonds is 7. The molecule has 1 aromatic heterocycles. The van der Waals surface area contributed by atoms with Crippen LogP contribution in [0.3, 0.4) is 0 Å². The van der Waals surface area contributed by atoms with E-state index in [1.165, 1.54) is 16.0 Å². The van der Waals surface area contributed by atoms with Crippen molar-refractivity contribution in [3.8, 4) is 5.75 Å². The number of aryl methyl sites for hydroxylation is 2. The molecule has 0 spiro atoms. The maximum atomic E-state index is 6.08. The number of benzene rings is 1. The lowest BCUT2D eigenvalue weighted by atomic mass is 10.1. The molecule has 2 heterocycles. The zero-order chi connectivity index (χ0) is 19.1. The fourth-order valence-corrected chi connectivity index (χ4v) is 3.90. The largest absolute Gasteiger partial charge is 0.491 e. The van der Waals surface area contributed by atoms with Crippen molar-refractivity contribution < 1.29 is 9.47 Å².